The Kier molecular flexibility index (Phi) is 4.73. The highest BCUT2D eigenvalue weighted by Crippen LogP contribution is 2.37. The van der Waals surface area contributed by atoms with Crippen molar-refractivity contribution in [1.29, 1.82) is 0 Å². The van der Waals surface area contributed by atoms with Crippen molar-refractivity contribution in [3.8, 4) is 5.88 Å². The minimum absolute atomic E-state index is 0.0142. The number of benzene rings is 1. The lowest BCUT2D eigenvalue weighted by atomic mass is 9.89. The average Bonchev–Trinajstić information content (AvgIpc) is 2.55. The first-order valence-electron chi connectivity index (χ1n) is 7.80. The first-order chi connectivity index (χ1) is 12.3. The summed E-state index contributed by atoms with van der Waals surface area (Å²) in [4.78, 5) is 30.2. The molecule has 1 atom stereocenters. The van der Waals surface area contributed by atoms with E-state index in [9.17, 15) is 19.1 Å². The fourth-order valence-corrected chi connectivity index (χ4v) is 3.73. The molecule has 26 heavy (non-hydrogen) atoms. The van der Waals surface area contributed by atoms with Crippen LogP contribution in [0, 0.1) is 5.82 Å². The number of aromatic hydroxyl groups is 1. The molecule has 5 N–H and O–H groups in total. The van der Waals surface area contributed by atoms with Crippen LogP contribution in [0.25, 0.3) is 0 Å². The van der Waals surface area contributed by atoms with Crippen molar-refractivity contribution in [2.75, 3.05) is 11.1 Å². The quantitative estimate of drug-likeness (QED) is 0.654. The summed E-state index contributed by atoms with van der Waals surface area (Å²) in [6.07, 6.45) is 0.606. The van der Waals surface area contributed by atoms with Gasteiger partial charge < -0.3 is 16.2 Å². The number of amidine groups is 1. The lowest BCUT2D eigenvalue weighted by Crippen LogP contribution is -2.29. The summed E-state index contributed by atoms with van der Waals surface area (Å²) < 4.78 is 14.4. The third-order valence-electron chi connectivity index (χ3n) is 4.09. The smallest absolute Gasteiger partial charge is 0.256 e. The van der Waals surface area contributed by atoms with E-state index in [1.54, 1.807) is 6.92 Å². The van der Waals surface area contributed by atoms with E-state index in [0.717, 1.165) is 12.1 Å². The maximum atomic E-state index is 14.4. The van der Waals surface area contributed by atoms with Gasteiger partial charge in [-0.2, -0.15) is 0 Å². The number of H-pyrrole nitrogens is 1. The van der Waals surface area contributed by atoms with Crippen molar-refractivity contribution >= 4 is 28.5 Å². The van der Waals surface area contributed by atoms with E-state index in [1.807, 2.05) is 0 Å². The molecule has 0 bridgehead atoms. The van der Waals surface area contributed by atoms with E-state index in [1.165, 1.54) is 30.0 Å². The van der Waals surface area contributed by atoms with Crippen LogP contribution in [0.3, 0.4) is 0 Å². The van der Waals surface area contributed by atoms with Gasteiger partial charge in [0.05, 0.1) is 11.1 Å². The van der Waals surface area contributed by atoms with Gasteiger partial charge in [-0.15, -0.1) is 0 Å². The Morgan fingerprint density at radius 1 is 1.42 bits per heavy atom. The van der Waals surface area contributed by atoms with Crippen LogP contribution in [-0.2, 0) is 5.54 Å². The zero-order valence-corrected chi connectivity index (χ0v) is 14.7. The number of anilines is 1. The van der Waals surface area contributed by atoms with Crippen LogP contribution >= 0.6 is 11.8 Å². The molecule has 3 rings (SSSR count). The molecule has 0 radical (unpaired) electrons. The van der Waals surface area contributed by atoms with E-state index in [-0.39, 0.29) is 5.56 Å². The summed E-state index contributed by atoms with van der Waals surface area (Å²) in [5.41, 5.74) is 5.02. The topological polar surface area (TPSA) is 121 Å². The van der Waals surface area contributed by atoms with E-state index < -0.39 is 28.7 Å². The lowest BCUT2D eigenvalue weighted by Gasteiger charge is -2.30. The number of aliphatic imine (C=N–C) groups is 1. The number of rotatable bonds is 3. The monoisotopic (exact) mass is 376 g/mol. The van der Waals surface area contributed by atoms with E-state index >= 15 is 0 Å². The van der Waals surface area contributed by atoms with Gasteiger partial charge in [0.25, 0.3) is 11.5 Å². The molecule has 136 valence electrons. The van der Waals surface area contributed by atoms with Crippen molar-refractivity contribution in [2.45, 2.75) is 18.9 Å². The van der Waals surface area contributed by atoms with Gasteiger partial charge in [0.1, 0.15) is 5.82 Å². The Labute approximate surface area is 152 Å². The highest BCUT2D eigenvalue weighted by atomic mass is 32.2. The average molecular weight is 376 g/mol. The van der Waals surface area contributed by atoms with Crippen molar-refractivity contribution in [1.82, 2.24) is 4.98 Å². The number of pyridine rings is 1. The van der Waals surface area contributed by atoms with Gasteiger partial charge in [0.15, 0.2) is 11.0 Å². The Hall–Kier alpha value is -2.81. The van der Waals surface area contributed by atoms with Gasteiger partial charge in [-0.05, 0) is 31.5 Å². The highest BCUT2D eigenvalue weighted by Gasteiger charge is 2.32. The number of nitrogens with one attached hydrogen (secondary N) is 2. The Balaban J connectivity index is 1.91. The predicted molar refractivity (Wildman–Crippen MR) is 99.1 cm³/mol. The Morgan fingerprint density at radius 2 is 2.19 bits per heavy atom. The van der Waals surface area contributed by atoms with Gasteiger partial charge in [-0.1, -0.05) is 11.8 Å². The second-order valence-corrected chi connectivity index (χ2v) is 7.20. The highest BCUT2D eigenvalue weighted by molar-refractivity contribution is 8.13. The number of nitrogens with two attached hydrogens (primary N) is 1. The number of nitrogens with zero attached hydrogens (tertiary/aromatic N) is 1. The third kappa shape index (κ3) is 3.72. The molecule has 0 saturated carbocycles. The maximum absolute atomic E-state index is 14.4. The van der Waals surface area contributed by atoms with Crippen molar-refractivity contribution in [3.63, 3.8) is 0 Å². The molecule has 2 heterocycles. The first kappa shape index (κ1) is 18.0. The lowest BCUT2D eigenvalue weighted by molar-refractivity contribution is 0.102. The second-order valence-electron chi connectivity index (χ2n) is 6.09. The number of amides is 1. The van der Waals surface area contributed by atoms with Crippen LogP contribution < -0.4 is 16.6 Å². The molecule has 1 aromatic carbocycles. The van der Waals surface area contributed by atoms with Gasteiger partial charge in [0.2, 0.25) is 0 Å². The summed E-state index contributed by atoms with van der Waals surface area (Å²) in [6, 6.07) is 6.36. The van der Waals surface area contributed by atoms with Gasteiger partial charge >= 0.3 is 0 Å². The molecule has 9 heteroatoms. The molecule has 1 amide bonds. The number of thioether (sulfide) groups is 1. The second kappa shape index (κ2) is 6.83. The summed E-state index contributed by atoms with van der Waals surface area (Å²) in [5, 5.41) is 12.4. The molecular formula is C17H17FN4O3S. The zero-order valence-electron chi connectivity index (χ0n) is 13.9. The van der Waals surface area contributed by atoms with Crippen molar-refractivity contribution < 1.29 is 14.3 Å². The van der Waals surface area contributed by atoms with Crippen LogP contribution in [0.4, 0.5) is 10.1 Å². The number of aromatic amines is 1. The van der Waals surface area contributed by atoms with Crippen molar-refractivity contribution in [2.24, 2.45) is 10.7 Å². The number of aromatic nitrogens is 1. The molecule has 2 aromatic rings. The molecule has 0 saturated heterocycles. The molecule has 0 spiro atoms. The summed E-state index contributed by atoms with van der Waals surface area (Å²) >= 11 is 1.42. The first-order valence-corrected chi connectivity index (χ1v) is 8.78. The van der Waals surface area contributed by atoms with Crippen LogP contribution in [-0.4, -0.2) is 26.9 Å². The largest absolute Gasteiger partial charge is 0.494 e. The summed E-state index contributed by atoms with van der Waals surface area (Å²) in [6.45, 7) is 1.79. The van der Waals surface area contributed by atoms with E-state index in [0.29, 0.717) is 28.6 Å². The van der Waals surface area contributed by atoms with Crippen LogP contribution in [0.5, 0.6) is 5.88 Å². The third-order valence-corrected chi connectivity index (χ3v) is 4.89. The Bertz CT molecular complexity index is 959. The fraction of sp³-hybridized carbons (Fsp3) is 0.235. The molecule has 0 aliphatic carbocycles. The zero-order chi connectivity index (χ0) is 18.9. The normalized spacial score (nSPS) is 19.7. The van der Waals surface area contributed by atoms with Gasteiger partial charge in [-0.3, -0.25) is 19.6 Å². The predicted octanol–water partition coefficient (Wildman–Crippen LogP) is 2.14. The van der Waals surface area contributed by atoms with Crippen LogP contribution in [0.1, 0.15) is 29.3 Å². The van der Waals surface area contributed by atoms with Gasteiger partial charge in [0, 0.05) is 29.1 Å². The van der Waals surface area contributed by atoms with Crippen molar-refractivity contribution in [3.05, 3.63) is 57.6 Å². The number of carbonyl (C=O) groups is 1. The molecule has 7 nitrogen and oxygen atoms in total. The SMILES string of the molecule is CC1(c2cc(NC(=O)c3cc(O)[nH]c(=O)c3)ccc2F)CCSC(N)=N1. The molecular weight excluding hydrogens is 359 g/mol. The van der Waals surface area contributed by atoms with Crippen LogP contribution in [0.15, 0.2) is 40.1 Å². The number of carbonyl (C=O) groups excluding carboxylic acids is 1. The van der Waals surface area contributed by atoms with E-state index in [4.69, 9.17) is 5.73 Å². The number of hydrogen-bond acceptors (Lipinski definition) is 6. The van der Waals surface area contributed by atoms with Gasteiger partial charge in [-0.25, -0.2) is 4.39 Å². The minimum atomic E-state index is -0.817. The summed E-state index contributed by atoms with van der Waals surface area (Å²) in [7, 11) is 0. The molecule has 0 fully saturated rings. The number of hydrogen-bond donors (Lipinski definition) is 4. The minimum Gasteiger partial charge on any atom is -0.494 e. The number of halogens is 1. The van der Waals surface area contributed by atoms with E-state index in [2.05, 4.69) is 15.3 Å². The fourth-order valence-electron chi connectivity index (χ4n) is 2.76. The Morgan fingerprint density at radius 3 is 2.88 bits per heavy atom. The maximum Gasteiger partial charge on any atom is 0.256 e. The molecule has 1 unspecified atom stereocenters. The molecule has 1 aliphatic rings. The molecule has 1 aliphatic heterocycles. The summed E-state index contributed by atoms with van der Waals surface area (Å²) in [5.74, 6) is -0.743. The molecule has 1 aromatic heterocycles. The standard InChI is InChI=1S/C17H17FN4O3S/c1-17(4-5-26-16(19)22-17)11-8-10(2-3-12(11)18)20-15(25)9-6-13(23)21-14(24)7-9/h2-3,6-8H,4-5H2,1H3,(H2,19,22)(H,20,25)(H2,21,23,24). The van der Waals surface area contributed by atoms with Crippen LogP contribution in [0.2, 0.25) is 0 Å².